The fraction of sp³-hybridized carbons (Fsp3) is 0.250. The Morgan fingerprint density at radius 3 is 2.22 bits per heavy atom. The van der Waals surface area contributed by atoms with E-state index in [1.807, 2.05) is 60.7 Å². The van der Waals surface area contributed by atoms with Crippen LogP contribution in [-0.4, -0.2) is 35.6 Å². The number of phenolic OH excluding ortho intramolecular Hbond substituents is 1. The van der Waals surface area contributed by atoms with Crippen molar-refractivity contribution in [2.75, 3.05) is 6.61 Å². The highest BCUT2D eigenvalue weighted by Crippen LogP contribution is 2.37. The number of aromatic hydroxyl groups is 1. The average molecular weight is 490 g/mol. The lowest BCUT2D eigenvalue weighted by Crippen LogP contribution is -2.44. The molecule has 4 rings (SSSR count). The molecule has 1 aliphatic heterocycles. The van der Waals surface area contributed by atoms with E-state index in [0.29, 0.717) is 5.75 Å². The Kier molecular flexibility index (Phi) is 8.18. The van der Waals surface area contributed by atoms with Crippen molar-refractivity contribution in [2.24, 2.45) is 0 Å². The molecule has 1 aliphatic rings. The molecule has 1 amide bonds. The second-order valence-corrected chi connectivity index (χ2v) is 8.50. The van der Waals surface area contributed by atoms with E-state index >= 15 is 0 Å². The van der Waals surface area contributed by atoms with Crippen LogP contribution in [0.5, 0.6) is 11.5 Å². The standard InChI is InChI=1S/C28H27NO7/c30-22-11-12-23-21(18-34-25(23)14-22)13-26(31)29-24(28(33)36-17-20-9-5-2-6-10-20)15-27(32)35-16-19-7-3-1-4-8-19/h1-12,14,21,24,30H,13,15-18H2,(H,29,31)/t21-,24+/m1/s1. The lowest BCUT2D eigenvalue weighted by molar-refractivity contribution is -0.155. The molecule has 0 bridgehead atoms. The van der Waals surface area contributed by atoms with Crippen molar-refractivity contribution >= 4 is 17.8 Å². The first-order valence-electron chi connectivity index (χ1n) is 11.6. The smallest absolute Gasteiger partial charge is 0.329 e. The minimum Gasteiger partial charge on any atom is -0.508 e. The summed E-state index contributed by atoms with van der Waals surface area (Å²) in [6.45, 7) is 0.343. The molecule has 0 saturated carbocycles. The maximum atomic E-state index is 12.8. The van der Waals surface area contributed by atoms with Gasteiger partial charge in [0.1, 0.15) is 30.8 Å². The quantitative estimate of drug-likeness (QED) is 0.419. The molecule has 0 fully saturated rings. The number of carbonyl (C=O) groups is 3. The highest BCUT2D eigenvalue weighted by molar-refractivity contribution is 5.88. The van der Waals surface area contributed by atoms with Crippen molar-refractivity contribution in [3.8, 4) is 11.5 Å². The van der Waals surface area contributed by atoms with Gasteiger partial charge in [0.2, 0.25) is 5.91 Å². The third-order valence-electron chi connectivity index (χ3n) is 5.77. The van der Waals surface area contributed by atoms with Gasteiger partial charge < -0.3 is 24.6 Å². The molecule has 3 aromatic rings. The van der Waals surface area contributed by atoms with Crippen molar-refractivity contribution in [2.45, 2.75) is 38.0 Å². The van der Waals surface area contributed by atoms with Gasteiger partial charge in [-0.15, -0.1) is 0 Å². The lowest BCUT2D eigenvalue weighted by atomic mass is 9.97. The van der Waals surface area contributed by atoms with E-state index in [1.165, 1.54) is 12.1 Å². The lowest BCUT2D eigenvalue weighted by Gasteiger charge is -2.18. The molecule has 1 heterocycles. The van der Waals surface area contributed by atoms with Gasteiger partial charge in [-0.25, -0.2) is 4.79 Å². The average Bonchev–Trinajstić information content (AvgIpc) is 3.28. The van der Waals surface area contributed by atoms with Crippen molar-refractivity contribution in [1.29, 1.82) is 0 Å². The van der Waals surface area contributed by atoms with E-state index in [1.54, 1.807) is 6.07 Å². The number of benzene rings is 3. The third kappa shape index (κ3) is 6.85. The van der Waals surface area contributed by atoms with Crippen LogP contribution in [0.1, 0.15) is 35.4 Å². The van der Waals surface area contributed by atoms with Gasteiger partial charge in [0.15, 0.2) is 0 Å². The maximum absolute atomic E-state index is 12.8. The summed E-state index contributed by atoms with van der Waals surface area (Å²) in [5.41, 5.74) is 2.39. The Hall–Kier alpha value is -4.33. The van der Waals surface area contributed by atoms with Crippen molar-refractivity contribution in [1.82, 2.24) is 5.32 Å². The molecule has 2 N–H and O–H groups in total. The molecule has 8 heteroatoms. The van der Waals surface area contributed by atoms with Crippen LogP contribution >= 0.6 is 0 Å². The second-order valence-electron chi connectivity index (χ2n) is 8.50. The molecular formula is C28H27NO7. The summed E-state index contributed by atoms with van der Waals surface area (Å²) in [4.78, 5) is 38.2. The van der Waals surface area contributed by atoms with Crippen LogP contribution in [0.3, 0.4) is 0 Å². The summed E-state index contributed by atoms with van der Waals surface area (Å²) in [6, 6.07) is 21.8. The molecule has 186 valence electrons. The van der Waals surface area contributed by atoms with Crippen LogP contribution in [0.4, 0.5) is 0 Å². The Labute approximate surface area is 208 Å². The molecule has 3 aromatic carbocycles. The van der Waals surface area contributed by atoms with Crippen LogP contribution in [0, 0.1) is 0 Å². The zero-order valence-corrected chi connectivity index (χ0v) is 19.6. The van der Waals surface area contributed by atoms with Gasteiger partial charge in [-0.2, -0.15) is 0 Å². The number of carbonyl (C=O) groups excluding carboxylic acids is 3. The number of ether oxygens (including phenoxy) is 3. The van der Waals surface area contributed by atoms with Gasteiger partial charge in [-0.05, 0) is 17.2 Å². The fourth-order valence-electron chi connectivity index (χ4n) is 3.90. The Balaban J connectivity index is 1.37. The maximum Gasteiger partial charge on any atom is 0.329 e. The van der Waals surface area contributed by atoms with Crippen LogP contribution in [0.2, 0.25) is 0 Å². The van der Waals surface area contributed by atoms with Gasteiger partial charge in [-0.1, -0.05) is 66.7 Å². The zero-order valence-electron chi connectivity index (χ0n) is 19.6. The van der Waals surface area contributed by atoms with Crippen molar-refractivity contribution < 1.29 is 33.7 Å². The summed E-state index contributed by atoms with van der Waals surface area (Å²) in [7, 11) is 0. The number of nitrogens with one attached hydrogen (secondary N) is 1. The van der Waals surface area contributed by atoms with E-state index in [2.05, 4.69) is 5.32 Å². The molecule has 8 nitrogen and oxygen atoms in total. The van der Waals surface area contributed by atoms with Crippen molar-refractivity contribution in [3.63, 3.8) is 0 Å². The van der Waals surface area contributed by atoms with Gasteiger partial charge in [0, 0.05) is 24.0 Å². The molecule has 0 unspecified atom stereocenters. The molecule has 0 aromatic heterocycles. The first kappa shape index (κ1) is 24.8. The molecule has 0 aliphatic carbocycles. The second kappa shape index (κ2) is 11.9. The van der Waals surface area contributed by atoms with Crippen molar-refractivity contribution in [3.05, 3.63) is 95.6 Å². The van der Waals surface area contributed by atoms with Gasteiger partial charge in [-0.3, -0.25) is 9.59 Å². The van der Waals surface area contributed by atoms with Crippen LogP contribution in [0.25, 0.3) is 0 Å². The summed E-state index contributed by atoms with van der Waals surface area (Å²) >= 11 is 0. The number of hydrogen-bond donors (Lipinski definition) is 2. The van der Waals surface area contributed by atoms with Gasteiger partial charge >= 0.3 is 11.9 Å². The largest absolute Gasteiger partial charge is 0.508 e. The fourth-order valence-corrected chi connectivity index (χ4v) is 3.90. The topological polar surface area (TPSA) is 111 Å². The number of fused-ring (bicyclic) bond motifs is 1. The van der Waals surface area contributed by atoms with E-state index < -0.39 is 23.9 Å². The highest BCUT2D eigenvalue weighted by Gasteiger charge is 2.30. The number of amides is 1. The Morgan fingerprint density at radius 2 is 1.56 bits per heavy atom. The monoisotopic (exact) mass is 489 g/mol. The minimum atomic E-state index is -1.20. The van der Waals surface area contributed by atoms with E-state index in [4.69, 9.17) is 14.2 Å². The predicted octanol–water partition coefficient (Wildman–Crippen LogP) is 3.62. The van der Waals surface area contributed by atoms with E-state index in [-0.39, 0.29) is 44.3 Å². The molecule has 0 saturated heterocycles. The summed E-state index contributed by atoms with van der Waals surface area (Å²) in [5, 5.41) is 12.3. The minimum absolute atomic E-state index is 0.0123. The number of hydrogen-bond acceptors (Lipinski definition) is 7. The SMILES string of the molecule is O=C(C[C@@H]1COc2cc(O)ccc21)N[C@@H](CC(=O)OCc1ccccc1)C(=O)OCc1ccccc1. The van der Waals surface area contributed by atoms with Crippen LogP contribution in [-0.2, 0) is 37.1 Å². The Morgan fingerprint density at radius 1 is 0.917 bits per heavy atom. The molecule has 2 atom stereocenters. The summed E-state index contributed by atoms with van der Waals surface area (Å²) < 4.78 is 16.2. The first-order chi connectivity index (χ1) is 17.5. The van der Waals surface area contributed by atoms with E-state index in [0.717, 1.165) is 16.7 Å². The highest BCUT2D eigenvalue weighted by atomic mass is 16.5. The number of rotatable bonds is 10. The molecule has 0 radical (unpaired) electrons. The number of esters is 2. The third-order valence-corrected chi connectivity index (χ3v) is 5.77. The Bertz CT molecular complexity index is 1200. The number of phenols is 1. The van der Waals surface area contributed by atoms with E-state index in [9.17, 15) is 19.5 Å². The predicted molar refractivity (Wildman–Crippen MR) is 130 cm³/mol. The first-order valence-corrected chi connectivity index (χ1v) is 11.6. The molecule has 36 heavy (non-hydrogen) atoms. The van der Waals surface area contributed by atoms with Crippen LogP contribution < -0.4 is 10.1 Å². The zero-order chi connectivity index (χ0) is 25.3. The van der Waals surface area contributed by atoms with Crippen LogP contribution in [0.15, 0.2) is 78.9 Å². The summed E-state index contributed by atoms with van der Waals surface area (Å²) in [5.74, 6) is -1.43. The normalized spacial score (nSPS) is 14.7. The molecular weight excluding hydrogens is 462 g/mol. The summed E-state index contributed by atoms with van der Waals surface area (Å²) in [6.07, 6.45) is -0.322. The van der Waals surface area contributed by atoms with Gasteiger partial charge in [0.05, 0.1) is 13.0 Å². The van der Waals surface area contributed by atoms with Gasteiger partial charge in [0.25, 0.3) is 0 Å². The molecule has 0 spiro atoms.